The molecule has 116 valence electrons. The first-order valence-corrected chi connectivity index (χ1v) is 8.59. The smallest absolute Gasteiger partial charge is 0.137 e. The minimum absolute atomic E-state index is 0.0941. The number of Topliss-reactive ketones (excluding diaryl/α,β-unsaturated/α-hetero) is 1. The van der Waals surface area contributed by atoms with Gasteiger partial charge in [0.1, 0.15) is 5.78 Å². The van der Waals surface area contributed by atoms with E-state index in [4.69, 9.17) is 0 Å². The Kier molecular flexibility index (Phi) is 3.10. The predicted octanol–water partition coefficient (Wildman–Crippen LogP) is 2.60. The van der Waals surface area contributed by atoms with Gasteiger partial charge in [0.15, 0.2) is 0 Å². The summed E-state index contributed by atoms with van der Waals surface area (Å²) in [6.45, 7) is 2.18. The van der Waals surface area contributed by atoms with E-state index in [0.717, 1.165) is 38.5 Å². The number of aliphatic hydroxyl groups excluding tert-OH is 2. The lowest BCUT2D eigenvalue weighted by molar-refractivity contribution is -0.120. The molecule has 0 aliphatic heterocycles. The van der Waals surface area contributed by atoms with E-state index in [9.17, 15) is 15.0 Å². The second kappa shape index (κ2) is 4.66. The van der Waals surface area contributed by atoms with Crippen LogP contribution in [-0.4, -0.2) is 28.2 Å². The first-order valence-electron chi connectivity index (χ1n) is 8.59. The van der Waals surface area contributed by atoms with Crippen molar-refractivity contribution in [3.8, 4) is 0 Å². The lowest BCUT2D eigenvalue weighted by atomic mass is 9.54. The Morgan fingerprint density at radius 2 is 1.95 bits per heavy atom. The Bertz CT molecular complexity index is 509. The van der Waals surface area contributed by atoms with Gasteiger partial charge in [-0.15, -0.1) is 0 Å². The van der Waals surface area contributed by atoms with Gasteiger partial charge in [0, 0.05) is 18.8 Å². The minimum Gasteiger partial charge on any atom is -0.393 e. The lowest BCUT2D eigenvalue weighted by Crippen LogP contribution is -2.51. The summed E-state index contributed by atoms with van der Waals surface area (Å²) in [7, 11) is 0. The molecule has 0 aromatic rings. The van der Waals surface area contributed by atoms with Crippen LogP contribution in [0.3, 0.4) is 0 Å². The molecular weight excluding hydrogens is 266 g/mol. The first kappa shape index (κ1) is 14.0. The number of hydrogen-bond donors (Lipinski definition) is 2. The number of hydrogen-bond acceptors (Lipinski definition) is 3. The quantitative estimate of drug-likeness (QED) is 0.675. The molecule has 0 saturated heterocycles. The normalized spacial score (nSPS) is 49.7. The number of fused-ring (bicyclic) bond motifs is 4. The average molecular weight is 292 g/mol. The van der Waals surface area contributed by atoms with Crippen molar-refractivity contribution in [1.82, 2.24) is 0 Å². The van der Waals surface area contributed by atoms with Crippen LogP contribution in [0.5, 0.6) is 0 Å². The zero-order chi connectivity index (χ0) is 14.8. The fourth-order valence-corrected chi connectivity index (χ4v) is 6.10. The second-order valence-electron chi connectivity index (χ2n) is 8.05. The molecule has 2 saturated carbocycles. The second-order valence-corrected chi connectivity index (χ2v) is 8.05. The van der Waals surface area contributed by atoms with E-state index in [0.29, 0.717) is 30.5 Å². The summed E-state index contributed by atoms with van der Waals surface area (Å²) in [6.07, 6.45) is 6.45. The van der Waals surface area contributed by atoms with Crippen LogP contribution in [0.15, 0.2) is 11.1 Å². The molecule has 0 aromatic carbocycles. The summed E-state index contributed by atoms with van der Waals surface area (Å²) in [4.78, 5) is 11.7. The molecule has 0 heterocycles. The van der Waals surface area contributed by atoms with Crippen LogP contribution in [0, 0.1) is 23.2 Å². The highest BCUT2D eigenvalue weighted by Crippen LogP contribution is 2.61. The molecule has 4 aliphatic rings. The molecule has 3 nitrogen and oxygen atoms in total. The highest BCUT2D eigenvalue weighted by molar-refractivity contribution is 5.82. The van der Waals surface area contributed by atoms with Crippen LogP contribution >= 0.6 is 0 Å². The number of carbonyl (C=O) groups excluding carboxylic acids is 1. The molecule has 21 heavy (non-hydrogen) atoms. The van der Waals surface area contributed by atoms with Crippen molar-refractivity contribution < 1.29 is 15.0 Å². The van der Waals surface area contributed by atoms with Crippen molar-refractivity contribution in [2.24, 2.45) is 23.2 Å². The largest absolute Gasteiger partial charge is 0.393 e. The lowest BCUT2D eigenvalue weighted by Gasteiger charge is -2.53. The van der Waals surface area contributed by atoms with E-state index < -0.39 is 0 Å². The van der Waals surface area contributed by atoms with E-state index in [2.05, 4.69) is 6.92 Å². The molecule has 0 bridgehead atoms. The van der Waals surface area contributed by atoms with Crippen molar-refractivity contribution in [3.05, 3.63) is 11.1 Å². The molecule has 6 atom stereocenters. The summed E-state index contributed by atoms with van der Waals surface area (Å²) in [5.41, 5.74) is 2.67. The SMILES string of the molecule is C[C@]12C[C@@H](O)[C@@H]3C4=C(CC[C@H]3[C@@H]1CC[C@H]2O)[14CH2]C(=O)CC4. The maximum atomic E-state index is 11.7. The van der Waals surface area contributed by atoms with Gasteiger partial charge in [0.2, 0.25) is 0 Å². The highest BCUT2D eigenvalue weighted by atomic mass is 16.3. The zero-order valence-corrected chi connectivity index (χ0v) is 12.8. The third kappa shape index (κ3) is 1.90. The van der Waals surface area contributed by atoms with Crippen LogP contribution in [0.25, 0.3) is 0 Å². The third-order valence-corrected chi connectivity index (χ3v) is 7.12. The van der Waals surface area contributed by atoms with Gasteiger partial charge in [-0.3, -0.25) is 4.79 Å². The average Bonchev–Trinajstić information content (AvgIpc) is 2.74. The van der Waals surface area contributed by atoms with Gasteiger partial charge in [-0.25, -0.2) is 0 Å². The molecular formula is C18H26O3. The van der Waals surface area contributed by atoms with E-state index in [1.165, 1.54) is 11.1 Å². The molecule has 0 aromatic heterocycles. The monoisotopic (exact) mass is 292 g/mol. The summed E-state index contributed by atoms with van der Waals surface area (Å²) >= 11 is 0. The Balaban J connectivity index is 1.70. The molecule has 4 rings (SSSR count). The van der Waals surface area contributed by atoms with Crippen molar-refractivity contribution >= 4 is 5.78 Å². The molecule has 3 heteroatoms. The summed E-state index contributed by atoms with van der Waals surface area (Å²) < 4.78 is 0. The number of aliphatic hydroxyl groups is 2. The van der Waals surface area contributed by atoms with Crippen LogP contribution in [0.4, 0.5) is 0 Å². The molecule has 0 spiro atoms. The molecule has 0 unspecified atom stereocenters. The zero-order valence-electron chi connectivity index (χ0n) is 12.8. The topological polar surface area (TPSA) is 57.5 Å². The predicted molar refractivity (Wildman–Crippen MR) is 79.6 cm³/mol. The molecule has 4 aliphatic carbocycles. The van der Waals surface area contributed by atoms with E-state index in [1.54, 1.807) is 0 Å². The van der Waals surface area contributed by atoms with Crippen molar-refractivity contribution in [2.75, 3.05) is 0 Å². The van der Waals surface area contributed by atoms with E-state index >= 15 is 0 Å². The number of allylic oxidation sites excluding steroid dienone is 1. The van der Waals surface area contributed by atoms with Gasteiger partial charge >= 0.3 is 0 Å². The molecule has 0 radical (unpaired) electrons. The fraction of sp³-hybridized carbons (Fsp3) is 0.833. The third-order valence-electron chi connectivity index (χ3n) is 7.12. The van der Waals surface area contributed by atoms with Crippen LogP contribution in [0.1, 0.15) is 58.3 Å². The number of carbonyl (C=O) groups is 1. The van der Waals surface area contributed by atoms with Crippen molar-refractivity contribution in [3.63, 3.8) is 0 Å². The Hall–Kier alpha value is -0.670. The summed E-state index contributed by atoms with van der Waals surface area (Å²) in [5.74, 6) is 1.71. The van der Waals surface area contributed by atoms with Gasteiger partial charge in [-0.05, 0) is 55.8 Å². The van der Waals surface area contributed by atoms with Gasteiger partial charge in [-0.1, -0.05) is 18.1 Å². The fourth-order valence-electron chi connectivity index (χ4n) is 6.10. The van der Waals surface area contributed by atoms with Crippen LogP contribution in [0.2, 0.25) is 0 Å². The Labute approximate surface area is 126 Å². The number of rotatable bonds is 0. The van der Waals surface area contributed by atoms with Crippen molar-refractivity contribution in [1.29, 1.82) is 0 Å². The first-order chi connectivity index (χ1) is 10.0. The van der Waals surface area contributed by atoms with Gasteiger partial charge in [-0.2, -0.15) is 0 Å². The highest BCUT2D eigenvalue weighted by Gasteiger charge is 2.57. The minimum atomic E-state index is -0.331. The van der Waals surface area contributed by atoms with Gasteiger partial charge in [0.25, 0.3) is 0 Å². The summed E-state index contributed by atoms with van der Waals surface area (Å²) in [6, 6.07) is 0. The molecule has 2 fully saturated rings. The van der Waals surface area contributed by atoms with Gasteiger partial charge < -0.3 is 10.2 Å². The molecule has 2 N–H and O–H groups in total. The van der Waals surface area contributed by atoms with Crippen LogP contribution in [-0.2, 0) is 4.79 Å². The number of ketones is 1. The van der Waals surface area contributed by atoms with E-state index in [1.807, 2.05) is 0 Å². The standard InChI is InChI=1S/C18H26O3/c1-18-9-15(20)17-12-5-3-11(19)8-10(12)2-4-13(17)14(18)6-7-16(18)21/h13-17,20-21H,2-9H2,1H3/t13-,14-,15+,16+,17+,18-/m0/s1/i8+2. The Morgan fingerprint density at radius 3 is 2.76 bits per heavy atom. The van der Waals surface area contributed by atoms with Gasteiger partial charge in [0.05, 0.1) is 12.2 Å². The molecule has 0 amide bonds. The Morgan fingerprint density at radius 1 is 1.14 bits per heavy atom. The van der Waals surface area contributed by atoms with Crippen LogP contribution < -0.4 is 0 Å². The maximum Gasteiger partial charge on any atom is 0.137 e. The summed E-state index contributed by atoms with van der Waals surface area (Å²) in [5, 5.41) is 21.2. The maximum absolute atomic E-state index is 11.7. The van der Waals surface area contributed by atoms with Crippen molar-refractivity contribution in [2.45, 2.75) is 70.5 Å². The van der Waals surface area contributed by atoms with E-state index in [-0.39, 0.29) is 23.5 Å².